The van der Waals surface area contributed by atoms with Crippen molar-refractivity contribution in [3.05, 3.63) is 65.2 Å². The Kier molecular flexibility index (Phi) is 5.28. The third kappa shape index (κ3) is 4.62. The van der Waals surface area contributed by atoms with Crippen LogP contribution in [-0.4, -0.2) is 13.0 Å². The topological polar surface area (TPSA) is 38.3 Å². The lowest BCUT2D eigenvalue weighted by atomic mass is 10.1. The summed E-state index contributed by atoms with van der Waals surface area (Å²) in [7, 11) is 1.48. The van der Waals surface area contributed by atoms with Crippen LogP contribution >= 0.6 is 0 Å². The van der Waals surface area contributed by atoms with E-state index in [-0.39, 0.29) is 5.56 Å². The number of anilines is 1. The third-order valence-electron chi connectivity index (χ3n) is 3.25. The second kappa shape index (κ2) is 7.21. The van der Waals surface area contributed by atoms with Crippen LogP contribution in [0.3, 0.4) is 0 Å². The number of amides is 1. The summed E-state index contributed by atoms with van der Waals surface area (Å²) in [6, 6.07) is 10.1. The Morgan fingerprint density at radius 2 is 1.92 bits per heavy atom. The maximum absolute atomic E-state index is 12.7. The molecular weight excluding hydrogens is 319 g/mol. The van der Waals surface area contributed by atoms with Crippen LogP contribution in [0.2, 0.25) is 0 Å². The summed E-state index contributed by atoms with van der Waals surface area (Å²) in [5.41, 5.74) is 0.964. The highest BCUT2D eigenvalue weighted by Gasteiger charge is 2.30. The van der Waals surface area contributed by atoms with E-state index in [0.29, 0.717) is 11.4 Å². The Bertz CT molecular complexity index is 767. The van der Waals surface area contributed by atoms with Gasteiger partial charge in [0.25, 0.3) is 0 Å². The van der Waals surface area contributed by atoms with Crippen molar-refractivity contribution in [2.45, 2.75) is 13.1 Å². The molecule has 0 aliphatic carbocycles. The monoisotopic (exact) mass is 335 g/mol. The smallest absolute Gasteiger partial charge is 0.416 e. The second-order valence-electron chi connectivity index (χ2n) is 5.15. The first kappa shape index (κ1) is 17.6. The zero-order valence-corrected chi connectivity index (χ0v) is 13.1. The number of alkyl halides is 3. The number of halogens is 3. The van der Waals surface area contributed by atoms with Gasteiger partial charge in [0.2, 0.25) is 5.91 Å². The van der Waals surface area contributed by atoms with Crippen LogP contribution in [0.5, 0.6) is 5.75 Å². The zero-order valence-electron chi connectivity index (χ0n) is 13.1. The lowest BCUT2D eigenvalue weighted by Crippen LogP contribution is -2.09. The van der Waals surface area contributed by atoms with Crippen molar-refractivity contribution < 1.29 is 22.7 Å². The van der Waals surface area contributed by atoms with Crippen LogP contribution in [0.15, 0.2) is 48.5 Å². The number of aryl methyl sites for hydroxylation is 1. The van der Waals surface area contributed by atoms with Crippen molar-refractivity contribution in [2.75, 3.05) is 12.4 Å². The van der Waals surface area contributed by atoms with E-state index in [0.717, 1.165) is 17.7 Å². The van der Waals surface area contributed by atoms with E-state index < -0.39 is 17.6 Å². The van der Waals surface area contributed by atoms with E-state index in [4.69, 9.17) is 4.74 Å². The van der Waals surface area contributed by atoms with E-state index in [1.165, 1.54) is 31.4 Å². The van der Waals surface area contributed by atoms with E-state index in [9.17, 15) is 18.0 Å². The van der Waals surface area contributed by atoms with Gasteiger partial charge in [0, 0.05) is 6.08 Å². The molecule has 0 unspecified atom stereocenters. The molecule has 126 valence electrons. The summed E-state index contributed by atoms with van der Waals surface area (Å²) < 4.78 is 43.1. The van der Waals surface area contributed by atoms with Crippen LogP contribution in [0.4, 0.5) is 18.9 Å². The Labute approximate surface area is 137 Å². The molecule has 0 aliphatic heterocycles. The molecule has 0 aliphatic rings. The van der Waals surface area contributed by atoms with Gasteiger partial charge in [-0.1, -0.05) is 18.2 Å². The molecule has 3 nitrogen and oxygen atoms in total. The lowest BCUT2D eigenvalue weighted by Gasteiger charge is -2.09. The van der Waals surface area contributed by atoms with Gasteiger partial charge in [0.15, 0.2) is 0 Å². The summed E-state index contributed by atoms with van der Waals surface area (Å²) in [5, 5.41) is 2.64. The molecule has 0 spiro atoms. The largest absolute Gasteiger partial charge is 0.495 e. The van der Waals surface area contributed by atoms with Gasteiger partial charge in [-0.05, 0) is 48.4 Å². The SMILES string of the molecule is COc1ccc(C)cc1NC(=O)C=Cc1cccc(C(F)(F)F)c1. The molecule has 0 atom stereocenters. The fourth-order valence-corrected chi connectivity index (χ4v) is 2.08. The van der Waals surface area contributed by atoms with Crippen molar-refractivity contribution in [2.24, 2.45) is 0 Å². The fourth-order valence-electron chi connectivity index (χ4n) is 2.08. The van der Waals surface area contributed by atoms with E-state index in [1.54, 1.807) is 12.1 Å². The highest BCUT2D eigenvalue weighted by atomic mass is 19.4. The normalized spacial score (nSPS) is 11.5. The zero-order chi connectivity index (χ0) is 17.7. The van der Waals surface area contributed by atoms with Gasteiger partial charge in [-0.3, -0.25) is 4.79 Å². The van der Waals surface area contributed by atoms with Gasteiger partial charge < -0.3 is 10.1 Å². The molecule has 0 radical (unpaired) electrons. The van der Waals surface area contributed by atoms with Crippen LogP contribution in [0, 0.1) is 6.92 Å². The van der Waals surface area contributed by atoms with Crippen LogP contribution in [-0.2, 0) is 11.0 Å². The van der Waals surface area contributed by atoms with Crippen molar-refractivity contribution in [3.8, 4) is 5.75 Å². The summed E-state index contributed by atoms with van der Waals surface area (Å²) in [6.07, 6.45) is -1.91. The lowest BCUT2D eigenvalue weighted by molar-refractivity contribution is -0.137. The molecule has 0 heterocycles. The molecule has 2 rings (SSSR count). The number of carbonyl (C=O) groups excluding carboxylic acids is 1. The number of hydrogen-bond acceptors (Lipinski definition) is 2. The van der Waals surface area contributed by atoms with Crippen molar-refractivity contribution in [1.29, 1.82) is 0 Å². The van der Waals surface area contributed by atoms with Crippen LogP contribution < -0.4 is 10.1 Å². The Morgan fingerprint density at radius 3 is 2.58 bits per heavy atom. The van der Waals surface area contributed by atoms with Gasteiger partial charge in [0.1, 0.15) is 5.75 Å². The molecule has 2 aromatic rings. The Hall–Kier alpha value is -2.76. The molecule has 6 heteroatoms. The Morgan fingerprint density at radius 1 is 1.17 bits per heavy atom. The summed E-state index contributed by atoms with van der Waals surface area (Å²) in [4.78, 5) is 12.0. The molecule has 0 saturated heterocycles. The van der Waals surface area contributed by atoms with Crippen LogP contribution in [0.1, 0.15) is 16.7 Å². The average Bonchev–Trinajstić information content (AvgIpc) is 2.53. The quantitative estimate of drug-likeness (QED) is 0.824. The standard InChI is InChI=1S/C18H16F3NO2/c1-12-6-8-16(24-2)15(10-12)22-17(23)9-7-13-4-3-5-14(11-13)18(19,20)21/h3-11H,1-2H3,(H,22,23). The highest BCUT2D eigenvalue weighted by Crippen LogP contribution is 2.30. The van der Waals surface area contributed by atoms with Crippen molar-refractivity contribution in [3.63, 3.8) is 0 Å². The molecule has 1 N–H and O–H groups in total. The number of hydrogen-bond donors (Lipinski definition) is 1. The molecule has 2 aromatic carbocycles. The Balaban J connectivity index is 2.13. The number of ether oxygens (including phenoxy) is 1. The van der Waals surface area contributed by atoms with Crippen molar-refractivity contribution in [1.82, 2.24) is 0 Å². The molecule has 0 aromatic heterocycles. The maximum Gasteiger partial charge on any atom is 0.416 e. The molecular formula is C18H16F3NO2. The van der Waals surface area contributed by atoms with E-state index in [2.05, 4.69) is 5.32 Å². The van der Waals surface area contributed by atoms with Gasteiger partial charge in [-0.25, -0.2) is 0 Å². The minimum Gasteiger partial charge on any atom is -0.495 e. The van der Waals surface area contributed by atoms with Gasteiger partial charge >= 0.3 is 6.18 Å². The summed E-state index contributed by atoms with van der Waals surface area (Å²) in [6.45, 7) is 1.87. The first-order valence-electron chi connectivity index (χ1n) is 7.10. The number of rotatable bonds is 4. The first-order valence-corrected chi connectivity index (χ1v) is 7.10. The highest BCUT2D eigenvalue weighted by molar-refractivity contribution is 6.02. The maximum atomic E-state index is 12.7. The minimum absolute atomic E-state index is 0.288. The second-order valence-corrected chi connectivity index (χ2v) is 5.15. The fraction of sp³-hybridized carbons (Fsp3) is 0.167. The minimum atomic E-state index is -4.42. The molecule has 24 heavy (non-hydrogen) atoms. The number of nitrogens with one attached hydrogen (secondary N) is 1. The third-order valence-corrected chi connectivity index (χ3v) is 3.25. The predicted molar refractivity (Wildman–Crippen MR) is 86.8 cm³/mol. The van der Waals surface area contributed by atoms with Crippen molar-refractivity contribution >= 4 is 17.7 Å². The number of carbonyl (C=O) groups is 1. The first-order chi connectivity index (χ1) is 11.3. The number of methoxy groups -OCH3 is 1. The van der Waals surface area contributed by atoms with Crippen LogP contribution in [0.25, 0.3) is 6.08 Å². The van der Waals surface area contributed by atoms with E-state index >= 15 is 0 Å². The average molecular weight is 335 g/mol. The predicted octanol–water partition coefficient (Wildman–Crippen LogP) is 4.67. The molecule has 0 fully saturated rings. The van der Waals surface area contributed by atoms with E-state index in [1.807, 2.05) is 13.0 Å². The summed E-state index contributed by atoms with van der Waals surface area (Å²) >= 11 is 0. The van der Waals surface area contributed by atoms with Gasteiger partial charge in [0.05, 0.1) is 18.4 Å². The van der Waals surface area contributed by atoms with Gasteiger partial charge in [-0.15, -0.1) is 0 Å². The number of benzene rings is 2. The molecule has 1 amide bonds. The van der Waals surface area contributed by atoms with Gasteiger partial charge in [-0.2, -0.15) is 13.2 Å². The molecule has 0 saturated carbocycles. The molecule has 0 bridgehead atoms. The summed E-state index contributed by atoms with van der Waals surface area (Å²) in [5.74, 6) is 0.0396.